The van der Waals surface area contributed by atoms with Crippen molar-refractivity contribution >= 4 is 17.5 Å². The summed E-state index contributed by atoms with van der Waals surface area (Å²) in [6, 6.07) is 2.87. The van der Waals surface area contributed by atoms with E-state index in [1.165, 1.54) is 6.92 Å². The highest BCUT2D eigenvalue weighted by Gasteiger charge is 2.45. The van der Waals surface area contributed by atoms with Crippen LogP contribution in [-0.2, 0) is 4.74 Å². The van der Waals surface area contributed by atoms with Gasteiger partial charge in [0.25, 0.3) is 0 Å². The highest BCUT2D eigenvalue weighted by molar-refractivity contribution is 6.30. The third kappa shape index (κ3) is 3.48. The molecule has 2 aromatic rings. The number of ketones is 2. The van der Waals surface area contributed by atoms with Gasteiger partial charge in [0.15, 0.2) is 11.6 Å². The molecule has 0 bridgehead atoms. The molecular formula is C22H20O12. The lowest BCUT2D eigenvalue weighted by Gasteiger charge is -2.39. The molecule has 1 aliphatic carbocycles. The summed E-state index contributed by atoms with van der Waals surface area (Å²) in [7, 11) is 0. The minimum absolute atomic E-state index is 0.146. The molecule has 0 unspecified atom stereocenters. The van der Waals surface area contributed by atoms with Gasteiger partial charge in [0.1, 0.15) is 47.2 Å². The molecule has 1 aliphatic heterocycles. The monoisotopic (exact) mass is 476 g/mol. The van der Waals surface area contributed by atoms with Crippen LogP contribution in [0.5, 0.6) is 17.2 Å². The minimum Gasteiger partial charge on any atom is -0.507 e. The van der Waals surface area contributed by atoms with Crippen LogP contribution in [-0.4, -0.2) is 90.6 Å². The van der Waals surface area contributed by atoms with Crippen molar-refractivity contribution in [3.63, 3.8) is 0 Å². The SMILES string of the molecule is Cc1c(C(=O)O)c(O)cc2c1C(=O)c1c(O)cc(O[C@H]3O[C@H](CO)[C@@H](O)[C@@H](O)[C@@H]3O)cc1C2=O. The number of carbonyl (C=O) groups is 3. The molecule has 0 radical (unpaired) electrons. The predicted octanol–water partition coefficient (Wildman–Crippen LogP) is -0.941. The molecule has 0 amide bonds. The maximum atomic E-state index is 13.1. The van der Waals surface area contributed by atoms with E-state index in [-0.39, 0.29) is 28.0 Å². The van der Waals surface area contributed by atoms with Gasteiger partial charge in [0.05, 0.1) is 12.2 Å². The van der Waals surface area contributed by atoms with Crippen molar-refractivity contribution in [3.05, 3.63) is 51.6 Å². The molecule has 0 aromatic heterocycles. The summed E-state index contributed by atoms with van der Waals surface area (Å²) < 4.78 is 10.7. The number of fused-ring (bicyclic) bond motifs is 2. The Morgan fingerprint density at radius 3 is 2.21 bits per heavy atom. The number of aromatic carboxylic acids is 1. The Labute approximate surface area is 190 Å². The van der Waals surface area contributed by atoms with Gasteiger partial charge < -0.3 is 45.2 Å². The first kappa shape index (κ1) is 23.6. The second-order valence-corrected chi connectivity index (χ2v) is 7.96. The van der Waals surface area contributed by atoms with Crippen LogP contribution in [0.25, 0.3) is 0 Å². The smallest absolute Gasteiger partial charge is 0.339 e. The Balaban J connectivity index is 1.75. The Kier molecular flexibility index (Phi) is 5.79. The average molecular weight is 476 g/mol. The third-order valence-corrected chi connectivity index (χ3v) is 5.91. The first-order valence-electron chi connectivity index (χ1n) is 10.0. The summed E-state index contributed by atoms with van der Waals surface area (Å²) in [6.07, 6.45) is -7.99. The van der Waals surface area contributed by atoms with Gasteiger partial charge in [-0.25, -0.2) is 4.79 Å². The van der Waals surface area contributed by atoms with Crippen LogP contribution in [0.3, 0.4) is 0 Å². The normalized spacial score (nSPS) is 26.1. The molecule has 4 rings (SSSR count). The fourth-order valence-electron chi connectivity index (χ4n) is 4.20. The molecule has 1 saturated heterocycles. The van der Waals surface area contributed by atoms with Crippen molar-refractivity contribution in [2.45, 2.75) is 37.6 Å². The number of aliphatic hydroxyl groups is 4. The van der Waals surface area contributed by atoms with E-state index in [4.69, 9.17) is 9.47 Å². The zero-order valence-corrected chi connectivity index (χ0v) is 17.5. The number of ether oxygens (including phenoxy) is 2. The molecule has 1 fully saturated rings. The van der Waals surface area contributed by atoms with Gasteiger partial charge in [-0.2, -0.15) is 0 Å². The van der Waals surface area contributed by atoms with E-state index in [9.17, 15) is 50.1 Å². The van der Waals surface area contributed by atoms with E-state index < -0.39 is 77.5 Å². The maximum absolute atomic E-state index is 13.1. The number of hydrogen-bond acceptors (Lipinski definition) is 11. The third-order valence-electron chi connectivity index (χ3n) is 5.91. The van der Waals surface area contributed by atoms with Crippen molar-refractivity contribution in [2.75, 3.05) is 6.61 Å². The lowest BCUT2D eigenvalue weighted by molar-refractivity contribution is -0.277. The summed E-state index contributed by atoms with van der Waals surface area (Å²) in [5.74, 6) is -4.82. The Morgan fingerprint density at radius 2 is 1.59 bits per heavy atom. The number of phenolic OH excluding ortho intramolecular Hbond substituents is 1. The number of benzene rings is 2. The van der Waals surface area contributed by atoms with Crippen LogP contribution in [0.1, 0.15) is 47.8 Å². The molecule has 0 spiro atoms. The summed E-state index contributed by atoms with van der Waals surface area (Å²) >= 11 is 0. The summed E-state index contributed by atoms with van der Waals surface area (Å²) in [5, 5.41) is 69.2. The van der Waals surface area contributed by atoms with Crippen LogP contribution in [0.15, 0.2) is 18.2 Å². The fraction of sp³-hybridized carbons (Fsp3) is 0.318. The zero-order chi connectivity index (χ0) is 25.1. The topological polar surface area (TPSA) is 211 Å². The van der Waals surface area contributed by atoms with Crippen LogP contribution < -0.4 is 4.74 Å². The van der Waals surface area contributed by atoms with E-state index >= 15 is 0 Å². The summed E-state index contributed by atoms with van der Waals surface area (Å²) in [6.45, 7) is 0.553. The zero-order valence-electron chi connectivity index (χ0n) is 17.5. The Hall–Kier alpha value is -3.55. The maximum Gasteiger partial charge on any atom is 0.339 e. The number of aromatic hydroxyl groups is 2. The first-order valence-corrected chi connectivity index (χ1v) is 10.0. The van der Waals surface area contributed by atoms with E-state index in [0.717, 1.165) is 18.2 Å². The number of carbonyl (C=O) groups excluding carboxylic acids is 2. The molecule has 1 heterocycles. The van der Waals surface area contributed by atoms with Crippen LogP contribution in [0, 0.1) is 6.92 Å². The van der Waals surface area contributed by atoms with Gasteiger partial charge in [-0.1, -0.05) is 0 Å². The van der Waals surface area contributed by atoms with Gasteiger partial charge in [-0.3, -0.25) is 9.59 Å². The van der Waals surface area contributed by atoms with Crippen LogP contribution >= 0.6 is 0 Å². The van der Waals surface area contributed by atoms with Gasteiger partial charge in [0, 0.05) is 22.8 Å². The van der Waals surface area contributed by atoms with Crippen molar-refractivity contribution < 1.29 is 59.6 Å². The van der Waals surface area contributed by atoms with Gasteiger partial charge in [0.2, 0.25) is 6.29 Å². The van der Waals surface area contributed by atoms with Crippen molar-refractivity contribution in [3.8, 4) is 17.2 Å². The molecule has 5 atom stereocenters. The summed E-state index contributed by atoms with van der Waals surface area (Å²) in [4.78, 5) is 37.7. The standard InChI is InChI=1S/C22H20O12/c1-6-13-9(4-11(25)14(6)21(31)32)16(26)8-2-7(3-10(24)15(8)18(13)28)33-22-20(30)19(29)17(27)12(5-23)34-22/h2-4,12,17,19-20,22-25,27,29-30H,5H2,1H3,(H,31,32)/t12-,17-,19-,20+,22+/m1/s1. The molecule has 12 nitrogen and oxygen atoms in total. The lowest BCUT2D eigenvalue weighted by Crippen LogP contribution is -2.60. The van der Waals surface area contributed by atoms with Gasteiger partial charge >= 0.3 is 5.97 Å². The number of aliphatic hydroxyl groups excluding tert-OH is 4. The quantitative estimate of drug-likeness (QED) is 0.243. The van der Waals surface area contributed by atoms with E-state index in [0.29, 0.717) is 0 Å². The van der Waals surface area contributed by atoms with Gasteiger partial charge in [-0.05, 0) is 24.6 Å². The van der Waals surface area contributed by atoms with Crippen LogP contribution in [0.2, 0.25) is 0 Å². The fourth-order valence-corrected chi connectivity index (χ4v) is 4.20. The van der Waals surface area contributed by atoms with Crippen molar-refractivity contribution in [2.24, 2.45) is 0 Å². The molecule has 7 N–H and O–H groups in total. The van der Waals surface area contributed by atoms with Crippen molar-refractivity contribution in [1.82, 2.24) is 0 Å². The van der Waals surface area contributed by atoms with Crippen LogP contribution in [0.4, 0.5) is 0 Å². The van der Waals surface area contributed by atoms with E-state index in [2.05, 4.69) is 0 Å². The minimum atomic E-state index is -1.76. The highest BCUT2D eigenvalue weighted by Crippen LogP contribution is 2.40. The number of phenols is 2. The van der Waals surface area contributed by atoms with Crippen molar-refractivity contribution in [1.29, 1.82) is 0 Å². The first-order chi connectivity index (χ1) is 16.0. The molecule has 2 aliphatic rings. The Bertz CT molecular complexity index is 1220. The molecule has 180 valence electrons. The summed E-state index contributed by atoms with van der Waals surface area (Å²) in [5.41, 5.74) is -1.98. The molecule has 0 saturated carbocycles. The largest absolute Gasteiger partial charge is 0.507 e. The average Bonchev–Trinajstić information content (AvgIpc) is 2.76. The predicted molar refractivity (Wildman–Crippen MR) is 109 cm³/mol. The van der Waals surface area contributed by atoms with E-state index in [1.807, 2.05) is 0 Å². The molecule has 12 heteroatoms. The number of carboxylic acids is 1. The number of rotatable bonds is 4. The molecule has 2 aromatic carbocycles. The van der Waals surface area contributed by atoms with Gasteiger partial charge in [-0.15, -0.1) is 0 Å². The number of carboxylic acid groups (broad SMARTS) is 1. The molecule has 34 heavy (non-hydrogen) atoms. The molecular weight excluding hydrogens is 456 g/mol. The second-order valence-electron chi connectivity index (χ2n) is 7.96. The van der Waals surface area contributed by atoms with E-state index in [1.54, 1.807) is 0 Å². The second kappa shape index (κ2) is 8.34. The number of hydrogen-bond donors (Lipinski definition) is 7. The highest BCUT2D eigenvalue weighted by atomic mass is 16.7. The lowest BCUT2D eigenvalue weighted by atomic mass is 9.80. The Morgan fingerprint density at radius 1 is 0.941 bits per heavy atom.